The van der Waals surface area contributed by atoms with Gasteiger partial charge in [0, 0.05) is 6.42 Å². The van der Waals surface area contributed by atoms with Gasteiger partial charge in [-0.2, -0.15) is 0 Å². The molecular weight excluding hydrogens is 494 g/mol. The molecule has 4 heteroatoms. The third kappa shape index (κ3) is 28.1. The Morgan fingerprint density at radius 1 is 0.600 bits per heavy atom. The fourth-order valence-electron chi connectivity index (χ4n) is 4.91. The average molecular weight is 562 g/mol. The molecule has 0 spiro atoms. The molecular formula is C36H67NO3. The number of carbonyl (C=O) groups is 1. The SMILES string of the molecule is CCCCC/C=C\C/C=C\CCCCCCCC(=O)NC(CO)C(O)/C=C/CCCCCCCCCCCCC. The Morgan fingerprint density at radius 2 is 1.02 bits per heavy atom. The van der Waals surface area contributed by atoms with Crippen LogP contribution in [0.3, 0.4) is 0 Å². The molecule has 0 saturated carbocycles. The van der Waals surface area contributed by atoms with Crippen LogP contribution in [0.15, 0.2) is 36.5 Å². The molecule has 0 bridgehead atoms. The van der Waals surface area contributed by atoms with Crippen molar-refractivity contribution in [1.82, 2.24) is 5.32 Å². The van der Waals surface area contributed by atoms with Crippen LogP contribution < -0.4 is 5.32 Å². The summed E-state index contributed by atoms with van der Waals surface area (Å²) in [5, 5.41) is 22.8. The summed E-state index contributed by atoms with van der Waals surface area (Å²) in [6.45, 7) is 4.25. The Bertz CT molecular complexity index is 613. The number of carbonyl (C=O) groups excluding carboxylic acids is 1. The number of unbranched alkanes of at least 4 members (excludes halogenated alkanes) is 19. The predicted octanol–water partition coefficient (Wildman–Crippen LogP) is 9.90. The first-order valence-electron chi connectivity index (χ1n) is 17.2. The lowest BCUT2D eigenvalue weighted by Gasteiger charge is -2.20. The number of amides is 1. The van der Waals surface area contributed by atoms with Gasteiger partial charge in [-0.3, -0.25) is 4.79 Å². The second-order valence-electron chi connectivity index (χ2n) is 11.6. The van der Waals surface area contributed by atoms with Crippen LogP contribution in [-0.2, 0) is 4.79 Å². The van der Waals surface area contributed by atoms with Gasteiger partial charge in [-0.25, -0.2) is 0 Å². The maximum absolute atomic E-state index is 12.3. The van der Waals surface area contributed by atoms with Crippen molar-refractivity contribution in [2.24, 2.45) is 0 Å². The Morgan fingerprint density at radius 3 is 1.55 bits per heavy atom. The maximum atomic E-state index is 12.3. The van der Waals surface area contributed by atoms with E-state index in [4.69, 9.17) is 0 Å². The van der Waals surface area contributed by atoms with E-state index < -0.39 is 12.1 Å². The normalized spacial score (nSPS) is 13.6. The molecule has 234 valence electrons. The van der Waals surface area contributed by atoms with Crippen LogP contribution in [0.1, 0.15) is 168 Å². The van der Waals surface area contributed by atoms with Crippen molar-refractivity contribution in [3.63, 3.8) is 0 Å². The zero-order chi connectivity index (χ0) is 29.4. The summed E-state index contributed by atoms with van der Waals surface area (Å²) in [5.74, 6) is -0.0810. The topological polar surface area (TPSA) is 69.6 Å². The molecule has 0 radical (unpaired) electrons. The third-order valence-electron chi connectivity index (χ3n) is 7.62. The van der Waals surface area contributed by atoms with Crippen LogP contribution >= 0.6 is 0 Å². The first kappa shape index (κ1) is 38.6. The van der Waals surface area contributed by atoms with Gasteiger partial charge in [-0.05, 0) is 51.4 Å². The quantitative estimate of drug-likeness (QED) is 0.0603. The first-order chi connectivity index (χ1) is 19.7. The van der Waals surface area contributed by atoms with E-state index in [9.17, 15) is 15.0 Å². The minimum atomic E-state index is -0.841. The molecule has 0 aliphatic carbocycles. The van der Waals surface area contributed by atoms with Gasteiger partial charge in [0.05, 0.1) is 18.8 Å². The van der Waals surface area contributed by atoms with Gasteiger partial charge in [0.15, 0.2) is 0 Å². The van der Waals surface area contributed by atoms with E-state index in [2.05, 4.69) is 43.5 Å². The summed E-state index contributed by atoms with van der Waals surface area (Å²) in [6.07, 6.45) is 40.7. The van der Waals surface area contributed by atoms with E-state index in [1.807, 2.05) is 6.08 Å². The van der Waals surface area contributed by atoms with Gasteiger partial charge >= 0.3 is 0 Å². The van der Waals surface area contributed by atoms with E-state index >= 15 is 0 Å². The van der Waals surface area contributed by atoms with Crippen molar-refractivity contribution in [2.45, 2.75) is 180 Å². The summed E-state index contributed by atoms with van der Waals surface area (Å²) in [6, 6.07) is -0.626. The van der Waals surface area contributed by atoms with E-state index in [1.165, 1.54) is 103 Å². The number of aliphatic hydroxyl groups excluding tert-OH is 2. The molecule has 4 nitrogen and oxygen atoms in total. The molecule has 0 saturated heterocycles. The van der Waals surface area contributed by atoms with E-state index in [-0.39, 0.29) is 12.5 Å². The highest BCUT2D eigenvalue weighted by atomic mass is 16.3. The summed E-state index contributed by atoms with van der Waals surface area (Å²) in [5.41, 5.74) is 0. The molecule has 0 rings (SSSR count). The van der Waals surface area contributed by atoms with Crippen molar-refractivity contribution in [3.05, 3.63) is 36.5 Å². The lowest BCUT2D eigenvalue weighted by Crippen LogP contribution is -2.45. The lowest BCUT2D eigenvalue weighted by atomic mass is 10.0. The summed E-state index contributed by atoms with van der Waals surface area (Å²) >= 11 is 0. The zero-order valence-corrected chi connectivity index (χ0v) is 26.6. The lowest BCUT2D eigenvalue weighted by molar-refractivity contribution is -0.123. The van der Waals surface area contributed by atoms with E-state index in [0.717, 1.165) is 44.9 Å². The first-order valence-corrected chi connectivity index (χ1v) is 17.2. The van der Waals surface area contributed by atoms with Crippen molar-refractivity contribution in [2.75, 3.05) is 6.61 Å². The molecule has 0 heterocycles. The van der Waals surface area contributed by atoms with E-state index in [0.29, 0.717) is 6.42 Å². The summed E-state index contributed by atoms with van der Waals surface area (Å²) in [7, 11) is 0. The Balaban J connectivity index is 3.69. The molecule has 0 aromatic rings. The molecule has 2 unspecified atom stereocenters. The molecule has 3 N–H and O–H groups in total. The fourth-order valence-corrected chi connectivity index (χ4v) is 4.91. The largest absolute Gasteiger partial charge is 0.394 e. The number of nitrogens with one attached hydrogen (secondary N) is 1. The zero-order valence-electron chi connectivity index (χ0n) is 26.6. The summed E-state index contributed by atoms with van der Waals surface area (Å²) in [4.78, 5) is 12.3. The van der Waals surface area contributed by atoms with Gasteiger partial charge in [0.25, 0.3) is 0 Å². The number of aliphatic hydroxyl groups is 2. The van der Waals surface area contributed by atoms with Crippen LogP contribution in [0.25, 0.3) is 0 Å². The predicted molar refractivity (Wildman–Crippen MR) is 175 cm³/mol. The highest BCUT2D eigenvalue weighted by Crippen LogP contribution is 2.13. The molecule has 0 aromatic carbocycles. The molecule has 1 amide bonds. The van der Waals surface area contributed by atoms with Crippen LogP contribution in [0.5, 0.6) is 0 Å². The number of allylic oxidation sites excluding steroid dienone is 5. The minimum absolute atomic E-state index is 0.0810. The third-order valence-corrected chi connectivity index (χ3v) is 7.62. The average Bonchev–Trinajstić information content (AvgIpc) is 2.96. The molecule has 0 aliphatic rings. The van der Waals surface area contributed by atoms with Gasteiger partial charge in [0.1, 0.15) is 0 Å². The number of rotatable bonds is 30. The number of hydrogen-bond acceptors (Lipinski definition) is 3. The highest BCUT2D eigenvalue weighted by Gasteiger charge is 2.17. The van der Waals surface area contributed by atoms with Crippen LogP contribution in [0, 0.1) is 0 Å². The Hall–Kier alpha value is -1.39. The monoisotopic (exact) mass is 562 g/mol. The van der Waals surface area contributed by atoms with Crippen LogP contribution in [-0.4, -0.2) is 34.9 Å². The molecule has 0 aromatic heterocycles. The molecule has 0 fully saturated rings. The standard InChI is InChI=1S/C36H67NO3/c1-3-5-7-9-11-13-15-17-18-20-22-24-26-28-30-32-36(40)37-34(33-38)35(39)31-29-27-25-23-21-19-16-14-12-10-8-6-4-2/h11,13,17-18,29,31,34-35,38-39H,3-10,12,14-16,19-28,30,32-33H2,1-2H3,(H,37,40)/b13-11-,18-17-,31-29+. The maximum Gasteiger partial charge on any atom is 0.220 e. The van der Waals surface area contributed by atoms with E-state index in [1.54, 1.807) is 6.08 Å². The van der Waals surface area contributed by atoms with Crippen molar-refractivity contribution >= 4 is 5.91 Å². The van der Waals surface area contributed by atoms with Gasteiger partial charge in [-0.15, -0.1) is 0 Å². The second-order valence-corrected chi connectivity index (χ2v) is 11.6. The highest BCUT2D eigenvalue weighted by molar-refractivity contribution is 5.76. The van der Waals surface area contributed by atoms with Gasteiger partial charge < -0.3 is 15.5 Å². The molecule has 0 aliphatic heterocycles. The van der Waals surface area contributed by atoms with Gasteiger partial charge in [-0.1, -0.05) is 147 Å². The fraction of sp³-hybridized carbons (Fsp3) is 0.806. The van der Waals surface area contributed by atoms with Crippen molar-refractivity contribution < 1.29 is 15.0 Å². The van der Waals surface area contributed by atoms with Crippen LogP contribution in [0.4, 0.5) is 0 Å². The molecule has 40 heavy (non-hydrogen) atoms. The second kappa shape index (κ2) is 32.1. The minimum Gasteiger partial charge on any atom is -0.394 e. The Kier molecular flexibility index (Phi) is 31.0. The summed E-state index contributed by atoms with van der Waals surface area (Å²) < 4.78 is 0. The number of hydrogen-bond donors (Lipinski definition) is 3. The molecule has 2 atom stereocenters. The van der Waals surface area contributed by atoms with Gasteiger partial charge in [0.2, 0.25) is 5.91 Å². The smallest absolute Gasteiger partial charge is 0.220 e. The Labute approximate surface area is 249 Å². The van der Waals surface area contributed by atoms with Crippen LogP contribution in [0.2, 0.25) is 0 Å². The van der Waals surface area contributed by atoms with Crippen molar-refractivity contribution in [3.8, 4) is 0 Å². The van der Waals surface area contributed by atoms with Crippen molar-refractivity contribution in [1.29, 1.82) is 0 Å².